The summed E-state index contributed by atoms with van der Waals surface area (Å²) >= 11 is 0. The Bertz CT molecular complexity index is 692. The van der Waals surface area contributed by atoms with E-state index in [0.717, 1.165) is 10.9 Å². The average molecular weight is 272 g/mol. The summed E-state index contributed by atoms with van der Waals surface area (Å²) in [6.07, 6.45) is 0. The number of nitrogens with one attached hydrogen (secondary N) is 2. The standard InChI is InChI=1S/C14H16N4O2/c1-8-13(19)16-4-5-18(8)14(20)12-7-9-6-10(15)2-3-11(9)17-12/h2-3,6-8,17H,4-5,15H2,1H3,(H,16,19). The van der Waals surface area contributed by atoms with Crippen molar-refractivity contribution in [3.63, 3.8) is 0 Å². The number of fused-ring (bicyclic) bond motifs is 1. The van der Waals surface area contributed by atoms with Gasteiger partial charge in [0.15, 0.2) is 0 Å². The Morgan fingerprint density at radius 2 is 2.20 bits per heavy atom. The van der Waals surface area contributed by atoms with Gasteiger partial charge in [0.25, 0.3) is 5.91 Å². The third kappa shape index (κ3) is 1.99. The van der Waals surface area contributed by atoms with Crippen LogP contribution in [-0.2, 0) is 4.79 Å². The van der Waals surface area contributed by atoms with Crippen molar-refractivity contribution in [1.82, 2.24) is 15.2 Å². The molecule has 0 radical (unpaired) electrons. The summed E-state index contributed by atoms with van der Waals surface area (Å²) in [6, 6.07) is 6.76. The molecule has 1 aromatic carbocycles. The fraction of sp³-hybridized carbons (Fsp3) is 0.286. The first-order valence-electron chi connectivity index (χ1n) is 6.53. The number of H-pyrrole nitrogens is 1. The molecular weight excluding hydrogens is 256 g/mol. The number of benzene rings is 1. The molecule has 1 saturated heterocycles. The first-order chi connectivity index (χ1) is 9.56. The monoisotopic (exact) mass is 272 g/mol. The van der Waals surface area contributed by atoms with Crippen LogP contribution in [0.4, 0.5) is 5.69 Å². The van der Waals surface area contributed by atoms with E-state index in [2.05, 4.69) is 10.3 Å². The molecule has 1 fully saturated rings. The van der Waals surface area contributed by atoms with Gasteiger partial charge in [0.2, 0.25) is 5.91 Å². The van der Waals surface area contributed by atoms with Gasteiger partial charge in [0.1, 0.15) is 11.7 Å². The molecule has 1 atom stereocenters. The maximum Gasteiger partial charge on any atom is 0.271 e. The van der Waals surface area contributed by atoms with E-state index >= 15 is 0 Å². The zero-order valence-electron chi connectivity index (χ0n) is 11.1. The minimum atomic E-state index is -0.451. The van der Waals surface area contributed by atoms with Crippen LogP contribution in [0, 0.1) is 0 Å². The molecule has 0 saturated carbocycles. The molecule has 2 aromatic rings. The van der Waals surface area contributed by atoms with Gasteiger partial charge in [-0.15, -0.1) is 0 Å². The summed E-state index contributed by atoms with van der Waals surface area (Å²) in [4.78, 5) is 28.8. The number of hydrogen-bond acceptors (Lipinski definition) is 3. The lowest BCUT2D eigenvalue weighted by molar-refractivity contribution is -0.127. The van der Waals surface area contributed by atoms with Crippen LogP contribution in [0.3, 0.4) is 0 Å². The SMILES string of the molecule is CC1C(=O)NCCN1C(=O)c1cc2cc(N)ccc2[nH]1. The Kier molecular flexibility index (Phi) is 2.85. The fourth-order valence-corrected chi connectivity index (χ4v) is 2.48. The Morgan fingerprint density at radius 1 is 1.40 bits per heavy atom. The smallest absolute Gasteiger partial charge is 0.271 e. The summed E-state index contributed by atoms with van der Waals surface area (Å²) in [7, 11) is 0. The van der Waals surface area contributed by atoms with Crippen LogP contribution < -0.4 is 11.1 Å². The fourth-order valence-electron chi connectivity index (χ4n) is 2.48. The molecular formula is C14H16N4O2. The van der Waals surface area contributed by atoms with Crippen molar-refractivity contribution < 1.29 is 9.59 Å². The van der Waals surface area contributed by atoms with Gasteiger partial charge in [-0.1, -0.05) is 0 Å². The van der Waals surface area contributed by atoms with Gasteiger partial charge in [-0.25, -0.2) is 0 Å². The van der Waals surface area contributed by atoms with Crippen LogP contribution in [0.15, 0.2) is 24.3 Å². The number of nitrogens with zero attached hydrogens (tertiary/aromatic N) is 1. The molecule has 6 nitrogen and oxygen atoms in total. The lowest BCUT2D eigenvalue weighted by atomic mass is 10.2. The predicted molar refractivity (Wildman–Crippen MR) is 76.2 cm³/mol. The average Bonchev–Trinajstić information content (AvgIpc) is 2.84. The Hall–Kier alpha value is -2.50. The van der Waals surface area contributed by atoms with Crippen LogP contribution in [0.2, 0.25) is 0 Å². The van der Waals surface area contributed by atoms with Gasteiger partial charge in [-0.2, -0.15) is 0 Å². The first-order valence-corrected chi connectivity index (χ1v) is 6.53. The van der Waals surface area contributed by atoms with E-state index in [1.165, 1.54) is 0 Å². The second kappa shape index (κ2) is 4.56. The summed E-state index contributed by atoms with van der Waals surface area (Å²) in [5, 5.41) is 3.63. The van der Waals surface area contributed by atoms with Crippen LogP contribution in [0.1, 0.15) is 17.4 Å². The predicted octanol–water partition coefficient (Wildman–Crippen LogP) is 0.711. The quantitative estimate of drug-likeness (QED) is 0.668. The molecule has 20 heavy (non-hydrogen) atoms. The van der Waals surface area contributed by atoms with Crippen LogP contribution in [-0.4, -0.2) is 40.8 Å². The molecule has 0 spiro atoms. The summed E-state index contributed by atoms with van der Waals surface area (Å²) in [5.74, 6) is -0.285. The molecule has 4 N–H and O–H groups in total. The second-order valence-electron chi connectivity index (χ2n) is 5.00. The molecule has 1 aliphatic heterocycles. The minimum absolute atomic E-state index is 0.120. The van der Waals surface area contributed by atoms with Crippen molar-refractivity contribution in [2.75, 3.05) is 18.8 Å². The number of hydrogen-bond donors (Lipinski definition) is 3. The van der Waals surface area contributed by atoms with Gasteiger partial charge >= 0.3 is 0 Å². The number of aromatic amines is 1. The highest BCUT2D eigenvalue weighted by Crippen LogP contribution is 2.20. The maximum atomic E-state index is 12.5. The van der Waals surface area contributed by atoms with Gasteiger partial charge in [0, 0.05) is 29.7 Å². The summed E-state index contributed by atoms with van der Waals surface area (Å²) < 4.78 is 0. The molecule has 0 aliphatic carbocycles. The molecule has 1 aromatic heterocycles. The molecule has 3 rings (SSSR count). The molecule has 2 amide bonds. The number of piperazine rings is 1. The van der Waals surface area contributed by atoms with Crippen molar-refractivity contribution in [2.24, 2.45) is 0 Å². The van der Waals surface area contributed by atoms with Crippen molar-refractivity contribution in [1.29, 1.82) is 0 Å². The number of rotatable bonds is 1. The Labute approximate surface area is 115 Å². The molecule has 1 unspecified atom stereocenters. The van der Waals surface area contributed by atoms with E-state index < -0.39 is 6.04 Å². The van der Waals surface area contributed by atoms with E-state index in [9.17, 15) is 9.59 Å². The van der Waals surface area contributed by atoms with Crippen LogP contribution >= 0.6 is 0 Å². The van der Waals surface area contributed by atoms with Gasteiger partial charge in [-0.3, -0.25) is 9.59 Å². The van der Waals surface area contributed by atoms with Crippen molar-refractivity contribution >= 4 is 28.4 Å². The Balaban J connectivity index is 1.93. The number of amides is 2. The zero-order chi connectivity index (χ0) is 14.3. The number of carbonyl (C=O) groups is 2. The summed E-state index contributed by atoms with van der Waals surface area (Å²) in [6.45, 7) is 2.73. The van der Waals surface area contributed by atoms with Crippen molar-refractivity contribution in [3.05, 3.63) is 30.0 Å². The summed E-state index contributed by atoms with van der Waals surface area (Å²) in [5.41, 5.74) is 7.72. The maximum absolute atomic E-state index is 12.5. The third-order valence-corrected chi connectivity index (χ3v) is 3.63. The van der Waals surface area contributed by atoms with E-state index in [1.54, 1.807) is 24.0 Å². The zero-order valence-corrected chi connectivity index (χ0v) is 11.1. The highest BCUT2D eigenvalue weighted by molar-refractivity contribution is 6.01. The molecule has 0 bridgehead atoms. The van der Waals surface area contributed by atoms with Crippen LogP contribution in [0.25, 0.3) is 10.9 Å². The largest absolute Gasteiger partial charge is 0.399 e. The highest BCUT2D eigenvalue weighted by atomic mass is 16.2. The normalized spacial score (nSPS) is 19.1. The number of aromatic nitrogens is 1. The van der Waals surface area contributed by atoms with E-state index in [0.29, 0.717) is 24.5 Å². The van der Waals surface area contributed by atoms with Crippen LogP contribution in [0.5, 0.6) is 0 Å². The van der Waals surface area contributed by atoms with E-state index in [-0.39, 0.29) is 11.8 Å². The second-order valence-corrected chi connectivity index (χ2v) is 5.00. The van der Waals surface area contributed by atoms with E-state index in [1.807, 2.05) is 12.1 Å². The van der Waals surface area contributed by atoms with Gasteiger partial charge in [0.05, 0.1) is 0 Å². The van der Waals surface area contributed by atoms with Gasteiger partial charge < -0.3 is 20.9 Å². The third-order valence-electron chi connectivity index (χ3n) is 3.63. The minimum Gasteiger partial charge on any atom is -0.399 e. The number of carbonyl (C=O) groups excluding carboxylic acids is 2. The van der Waals surface area contributed by atoms with Gasteiger partial charge in [-0.05, 0) is 31.2 Å². The lowest BCUT2D eigenvalue weighted by Crippen LogP contribution is -2.55. The van der Waals surface area contributed by atoms with E-state index in [4.69, 9.17) is 5.73 Å². The van der Waals surface area contributed by atoms with Crippen molar-refractivity contribution in [3.8, 4) is 0 Å². The number of anilines is 1. The Morgan fingerprint density at radius 3 is 3.00 bits per heavy atom. The molecule has 104 valence electrons. The lowest BCUT2D eigenvalue weighted by Gasteiger charge is -2.32. The van der Waals surface area contributed by atoms with Crippen molar-refractivity contribution in [2.45, 2.75) is 13.0 Å². The topological polar surface area (TPSA) is 91.2 Å². The molecule has 2 heterocycles. The number of nitrogen functional groups attached to an aromatic ring is 1. The first kappa shape index (κ1) is 12.5. The molecule has 6 heteroatoms. The molecule has 1 aliphatic rings. The number of nitrogens with two attached hydrogens (primary N) is 1. The highest BCUT2D eigenvalue weighted by Gasteiger charge is 2.30.